The fourth-order valence-corrected chi connectivity index (χ4v) is 7.55. The zero-order chi connectivity index (χ0) is 30.0. The number of ether oxygens (including phenoxy) is 1. The van der Waals surface area contributed by atoms with E-state index < -0.39 is 12.1 Å². The minimum atomic E-state index is -0.987. The zero-order valence-corrected chi connectivity index (χ0v) is 25.3. The number of rotatable bonds is 6. The number of imide groups is 1. The van der Waals surface area contributed by atoms with Crippen LogP contribution in [0, 0.1) is 30.6 Å². The molecule has 8 heteroatoms. The Morgan fingerprint density at radius 3 is 2.21 bits per heavy atom. The van der Waals surface area contributed by atoms with Crippen LogP contribution in [0.1, 0.15) is 52.5 Å². The maximum atomic E-state index is 13.5. The van der Waals surface area contributed by atoms with Crippen molar-refractivity contribution in [3.63, 3.8) is 0 Å². The highest BCUT2D eigenvalue weighted by molar-refractivity contribution is 9.10. The number of pyridine rings is 1. The van der Waals surface area contributed by atoms with Gasteiger partial charge in [0.2, 0.25) is 17.6 Å². The number of aromatic nitrogens is 1. The number of carbonyl (C=O) groups excluding carboxylic acids is 4. The van der Waals surface area contributed by atoms with E-state index in [9.17, 15) is 19.2 Å². The van der Waals surface area contributed by atoms with E-state index in [1.165, 1.54) is 4.90 Å². The summed E-state index contributed by atoms with van der Waals surface area (Å²) in [7, 11) is 0. The Morgan fingerprint density at radius 2 is 1.56 bits per heavy atom. The van der Waals surface area contributed by atoms with Crippen LogP contribution in [-0.4, -0.2) is 34.7 Å². The van der Waals surface area contributed by atoms with Crippen molar-refractivity contribution in [2.45, 2.75) is 39.2 Å². The SMILES string of the molecule is Cc1ccc(C(=O)C(C)OC(=O)c2cc(-c3ccc(N4C(=O)C5C6CCC(C6)C5C4=O)cc3)nc3ccc(Br)cc23)cc1. The van der Waals surface area contributed by atoms with Crippen molar-refractivity contribution in [3.05, 3.63) is 94.0 Å². The lowest BCUT2D eigenvalue weighted by molar-refractivity contribution is -0.123. The Labute approximate surface area is 257 Å². The van der Waals surface area contributed by atoms with Gasteiger partial charge < -0.3 is 4.74 Å². The van der Waals surface area contributed by atoms with E-state index in [0.717, 1.165) is 29.3 Å². The molecule has 7 rings (SSSR count). The Kier molecular flexibility index (Phi) is 6.77. The molecule has 2 amide bonds. The van der Waals surface area contributed by atoms with Crippen LogP contribution in [0.25, 0.3) is 22.2 Å². The number of fused-ring (bicyclic) bond motifs is 6. The van der Waals surface area contributed by atoms with Crippen LogP contribution in [0.4, 0.5) is 5.69 Å². The van der Waals surface area contributed by atoms with Crippen molar-refractivity contribution in [2.75, 3.05) is 4.90 Å². The Morgan fingerprint density at radius 1 is 0.907 bits per heavy atom. The van der Waals surface area contributed by atoms with E-state index >= 15 is 0 Å². The van der Waals surface area contributed by atoms with Gasteiger partial charge in [-0.1, -0.05) is 57.9 Å². The van der Waals surface area contributed by atoms with Crippen molar-refractivity contribution in [1.29, 1.82) is 0 Å². The van der Waals surface area contributed by atoms with Crippen LogP contribution >= 0.6 is 15.9 Å². The van der Waals surface area contributed by atoms with Gasteiger partial charge in [-0.3, -0.25) is 19.3 Å². The normalized spacial score (nSPS) is 23.1. The summed E-state index contributed by atoms with van der Waals surface area (Å²) >= 11 is 3.47. The van der Waals surface area contributed by atoms with Gasteiger partial charge in [0, 0.05) is 21.0 Å². The minimum Gasteiger partial charge on any atom is -0.451 e. The number of hydrogen-bond donors (Lipinski definition) is 0. The predicted octanol–water partition coefficient (Wildman–Crippen LogP) is 6.94. The summed E-state index contributed by atoms with van der Waals surface area (Å²) in [5.41, 5.74) is 4.17. The van der Waals surface area contributed by atoms with Crippen molar-refractivity contribution < 1.29 is 23.9 Å². The van der Waals surface area contributed by atoms with Crippen molar-refractivity contribution in [1.82, 2.24) is 4.98 Å². The first kappa shape index (κ1) is 27.7. The molecule has 43 heavy (non-hydrogen) atoms. The summed E-state index contributed by atoms with van der Waals surface area (Å²) in [5, 5.41) is 0.587. The maximum absolute atomic E-state index is 13.5. The van der Waals surface area contributed by atoms with E-state index in [4.69, 9.17) is 9.72 Å². The smallest absolute Gasteiger partial charge is 0.339 e. The van der Waals surface area contributed by atoms with Gasteiger partial charge in [-0.15, -0.1) is 0 Å². The minimum absolute atomic E-state index is 0.0799. The van der Waals surface area contributed by atoms with Crippen LogP contribution in [0.2, 0.25) is 0 Å². The third kappa shape index (κ3) is 4.68. The molecule has 2 saturated carbocycles. The Hall–Kier alpha value is -4.17. The lowest BCUT2D eigenvalue weighted by Gasteiger charge is -2.19. The largest absolute Gasteiger partial charge is 0.451 e. The molecule has 0 radical (unpaired) electrons. The predicted molar refractivity (Wildman–Crippen MR) is 166 cm³/mol. The van der Waals surface area contributed by atoms with Crippen LogP contribution < -0.4 is 4.90 Å². The molecule has 7 nitrogen and oxygen atoms in total. The van der Waals surface area contributed by atoms with E-state index in [-0.39, 0.29) is 35.0 Å². The van der Waals surface area contributed by atoms with Gasteiger partial charge in [-0.05, 0) is 81.3 Å². The molecule has 0 spiro atoms. The maximum Gasteiger partial charge on any atom is 0.339 e. The van der Waals surface area contributed by atoms with E-state index in [2.05, 4.69) is 15.9 Å². The molecule has 1 saturated heterocycles. The number of carbonyl (C=O) groups is 4. The average molecular weight is 638 g/mol. The quantitative estimate of drug-likeness (QED) is 0.129. The number of amides is 2. The van der Waals surface area contributed by atoms with E-state index in [1.807, 2.05) is 43.3 Å². The summed E-state index contributed by atoms with van der Waals surface area (Å²) in [6, 6.07) is 21.4. The summed E-state index contributed by atoms with van der Waals surface area (Å²) < 4.78 is 6.45. The summed E-state index contributed by atoms with van der Waals surface area (Å²) in [4.78, 5) is 59.2. The number of nitrogens with zero attached hydrogens (tertiary/aromatic N) is 2. The molecule has 2 bridgehead atoms. The molecule has 216 valence electrons. The van der Waals surface area contributed by atoms with Gasteiger partial charge in [0.15, 0.2) is 6.10 Å². The second-order valence-corrected chi connectivity index (χ2v) is 12.9. The standard InChI is InChI=1S/C35H29BrN2O5/c1-18-3-5-21(6-4-18)32(39)19(2)43-35(42)27-17-29(37-28-14-11-24(36)16-26(27)28)20-9-12-25(13-10-20)38-33(40)30-22-7-8-23(15-22)31(30)34(38)41/h3-6,9-14,16-17,19,22-23,30-31H,7-8,15H2,1-2H3. The van der Waals surface area contributed by atoms with Crippen LogP contribution in [0.3, 0.4) is 0 Å². The molecule has 2 heterocycles. The van der Waals surface area contributed by atoms with Crippen LogP contribution in [0.15, 0.2) is 77.3 Å². The van der Waals surface area contributed by atoms with Crippen LogP contribution in [0.5, 0.6) is 0 Å². The molecule has 0 N–H and O–H groups in total. The number of benzene rings is 3. The molecular formula is C35H29BrN2O5. The van der Waals surface area contributed by atoms with Crippen molar-refractivity contribution in [3.8, 4) is 11.3 Å². The first-order valence-corrected chi connectivity index (χ1v) is 15.4. The molecule has 1 aliphatic heterocycles. The van der Waals surface area contributed by atoms with Gasteiger partial charge in [0.25, 0.3) is 0 Å². The zero-order valence-electron chi connectivity index (χ0n) is 23.7. The molecule has 1 aromatic heterocycles. The fraction of sp³-hybridized carbons (Fsp3) is 0.286. The van der Waals surface area contributed by atoms with Crippen molar-refractivity contribution >= 4 is 56.1 Å². The molecular weight excluding hydrogens is 608 g/mol. The van der Waals surface area contributed by atoms with Gasteiger partial charge in [-0.2, -0.15) is 0 Å². The second kappa shape index (κ2) is 10.5. The molecule has 2 aliphatic carbocycles. The highest BCUT2D eigenvalue weighted by Gasteiger charge is 2.61. The summed E-state index contributed by atoms with van der Waals surface area (Å²) in [6.45, 7) is 3.51. The fourth-order valence-electron chi connectivity index (χ4n) is 7.19. The number of halogens is 1. The second-order valence-electron chi connectivity index (χ2n) is 11.9. The number of anilines is 1. The van der Waals surface area contributed by atoms with Gasteiger partial charge in [0.1, 0.15) is 0 Å². The number of hydrogen-bond acceptors (Lipinski definition) is 6. The lowest BCUT2D eigenvalue weighted by Crippen LogP contribution is -2.32. The molecule has 3 aliphatic rings. The molecule has 4 aromatic rings. The average Bonchev–Trinajstić information content (AvgIpc) is 3.70. The van der Waals surface area contributed by atoms with E-state index in [1.54, 1.807) is 43.3 Å². The molecule has 3 aromatic carbocycles. The number of Topliss-reactive ketones (excluding diaryl/α,β-unsaturated/α-hetero) is 1. The van der Waals surface area contributed by atoms with Gasteiger partial charge in [-0.25, -0.2) is 9.78 Å². The van der Waals surface area contributed by atoms with E-state index in [0.29, 0.717) is 45.2 Å². The highest BCUT2D eigenvalue weighted by atomic mass is 79.9. The summed E-state index contributed by atoms with van der Waals surface area (Å²) in [6.07, 6.45) is 2.07. The molecule has 5 unspecified atom stereocenters. The van der Waals surface area contributed by atoms with Gasteiger partial charge in [0.05, 0.1) is 34.3 Å². The lowest BCUT2D eigenvalue weighted by atomic mass is 9.81. The Balaban J connectivity index is 1.18. The summed E-state index contributed by atoms with van der Waals surface area (Å²) in [5.74, 6) is -0.788. The highest BCUT2D eigenvalue weighted by Crippen LogP contribution is 2.56. The van der Waals surface area contributed by atoms with Crippen molar-refractivity contribution in [2.24, 2.45) is 23.7 Å². The third-order valence-electron chi connectivity index (χ3n) is 9.33. The Bertz CT molecular complexity index is 1790. The third-order valence-corrected chi connectivity index (χ3v) is 9.82. The first-order chi connectivity index (χ1) is 20.7. The number of ketones is 1. The molecule has 3 fully saturated rings. The number of esters is 1. The monoisotopic (exact) mass is 636 g/mol. The first-order valence-electron chi connectivity index (χ1n) is 14.6. The van der Waals surface area contributed by atoms with Crippen LogP contribution in [-0.2, 0) is 14.3 Å². The topological polar surface area (TPSA) is 93.6 Å². The number of aryl methyl sites for hydroxylation is 1. The molecule has 5 atom stereocenters. The van der Waals surface area contributed by atoms with Gasteiger partial charge >= 0.3 is 5.97 Å².